The highest BCUT2D eigenvalue weighted by Crippen LogP contribution is 2.43. The van der Waals surface area contributed by atoms with Crippen molar-refractivity contribution in [3.8, 4) is 45.3 Å². The predicted octanol–water partition coefficient (Wildman–Crippen LogP) is 13.1. The Morgan fingerprint density at radius 2 is 0.981 bits per heavy atom. The molecule has 0 unspecified atom stereocenters. The summed E-state index contributed by atoms with van der Waals surface area (Å²) in [4.78, 5) is 15.5. The van der Waals surface area contributed by atoms with Crippen LogP contribution in [0.4, 0.5) is 0 Å². The summed E-state index contributed by atoms with van der Waals surface area (Å²) in [7, 11) is 0. The molecule has 4 nitrogen and oxygen atoms in total. The van der Waals surface area contributed by atoms with Crippen LogP contribution in [0.25, 0.3) is 109 Å². The summed E-state index contributed by atoms with van der Waals surface area (Å²) in [5, 5.41) is 9.30. The Hall–Kier alpha value is -6.69. The molecule has 0 amide bonds. The first-order valence-electron chi connectivity index (χ1n) is 17.3. The van der Waals surface area contributed by atoms with Crippen LogP contribution in [0.5, 0.6) is 0 Å². The number of thiophene rings is 1. The van der Waals surface area contributed by atoms with E-state index in [0.717, 1.165) is 54.8 Å². The van der Waals surface area contributed by atoms with Crippen LogP contribution in [0.2, 0.25) is 0 Å². The van der Waals surface area contributed by atoms with E-state index in [2.05, 4.69) is 140 Å². The molecular weight excluding hydrogens is 655 g/mol. The van der Waals surface area contributed by atoms with Crippen LogP contribution in [-0.4, -0.2) is 15.0 Å². The molecule has 5 heteroatoms. The third-order valence-corrected chi connectivity index (χ3v) is 11.4. The van der Waals surface area contributed by atoms with Crippen LogP contribution in [0.15, 0.2) is 168 Å². The number of benzene rings is 8. The van der Waals surface area contributed by atoms with Crippen molar-refractivity contribution in [3.05, 3.63) is 164 Å². The Kier molecular flexibility index (Phi) is 6.39. The van der Waals surface area contributed by atoms with Crippen LogP contribution in [0.1, 0.15) is 0 Å². The topological polar surface area (TPSA) is 51.8 Å². The van der Waals surface area contributed by atoms with Gasteiger partial charge in [0.1, 0.15) is 11.2 Å². The quantitative estimate of drug-likeness (QED) is 0.185. The van der Waals surface area contributed by atoms with E-state index >= 15 is 0 Å². The fourth-order valence-corrected chi connectivity index (χ4v) is 8.87. The maximum Gasteiger partial charge on any atom is 0.164 e. The van der Waals surface area contributed by atoms with Gasteiger partial charge in [0, 0.05) is 53.2 Å². The van der Waals surface area contributed by atoms with Gasteiger partial charge >= 0.3 is 0 Å². The van der Waals surface area contributed by atoms with E-state index in [1.165, 1.54) is 36.7 Å². The minimum atomic E-state index is 0.596. The molecule has 0 spiro atoms. The second-order valence-electron chi connectivity index (χ2n) is 13.2. The van der Waals surface area contributed by atoms with Crippen molar-refractivity contribution in [2.75, 3.05) is 0 Å². The van der Waals surface area contributed by atoms with E-state index in [0.29, 0.717) is 17.5 Å². The highest BCUT2D eigenvalue weighted by molar-refractivity contribution is 7.26. The maximum atomic E-state index is 6.28. The minimum Gasteiger partial charge on any atom is -0.456 e. The van der Waals surface area contributed by atoms with Crippen molar-refractivity contribution in [3.63, 3.8) is 0 Å². The van der Waals surface area contributed by atoms with E-state index in [1.807, 2.05) is 35.6 Å². The van der Waals surface area contributed by atoms with Gasteiger partial charge in [-0.05, 0) is 63.5 Å². The zero-order chi connectivity index (χ0) is 34.2. The lowest BCUT2D eigenvalue weighted by Crippen LogP contribution is -2.01. The van der Waals surface area contributed by atoms with Crippen LogP contribution in [-0.2, 0) is 0 Å². The molecular formula is C47H27N3OS. The van der Waals surface area contributed by atoms with Crippen LogP contribution >= 0.6 is 11.3 Å². The summed E-state index contributed by atoms with van der Waals surface area (Å²) in [6.45, 7) is 0. The largest absolute Gasteiger partial charge is 0.456 e. The maximum absolute atomic E-state index is 6.28. The standard InChI is InChI=1S/C47H27N3OS/c1-2-11-29-26-30(21-20-28(29)10-1)45-48-46(31-22-23-36-35-14-5-7-18-41(35)51-42(36)27-31)50-47(49-45)40-25-24-34(32-12-3-4-13-33(32)40)38-16-9-17-39-37-15-6-8-19-43(37)52-44(38)39/h1-27H. The Morgan fingerprint density at radius 1 is 0.365 bits per heavy atom. The van der Waals surface area contributed by atoms with Crippen LogP contribution < -0.4 is 0 Å². The molecule has 0 saturated heterocycles. The Bertz CT molecular complexity index is 3210. The Balaban J connectivity index is 1.13. The fraction of sp³-hybridized carbons (Fsp3) is 0. The molecule has 8 aromatic carbocycles. The van der Waals surface area contributed by atoms with Gasteiger partial charge < -0.3 is 4.42 Å². The summed E-state index contributed by atoms with van der Waals surface area (Å²) in [5.74, 6) is 1.85. The molecule has 0 radical (unpaired) electrons. The van der Waals surface area contributed by atoms with Crippen molar-refractivity contribution in [1.29, 1.82) is 0 Å². The van der Waals surface area contributed by atoms with Gasteiger partial charge in [-0.1, -0.05) is 127 Å². The molecule has 0 aliphatic heterocycles. The molecule has 52 heavy (non-hydrogen) atoms. The third kappa shape index (κ3) is 4.57. The van der Waals surface area contributed by atoms with Gasteiger partial charge in [-0.25, -0.2) is 15.0 Å². The number of hydrogen-bond donors (Lipinski definition) is 0. The van der Waals surface area contributed by atoms with Crippen molar-refractivity contribution in [2.45, 2.75) is 0 Å². The molecule has 0 fully saturated rings. The lowest BCUT2D eigenvalue weighted by atomic mass is 9.94. The van der Waals surface area contributed by atoms with E-state index in [1.54, 1.807) is 0 Å². The molecule has 0 saturated carbocycles. The highest BCUT2D eigenvalue weighted by Gasteiger charge is 2.19. The lowest BCUT2D eigenvalue weighted by Gasteiger charge is -2.14. The molecule has 0 atom stereocenters. The van der Waals surface area contributed by atoms with E-state index < -0.39 is 0 Å². The summed E-state index contributed by atoms with van der Waals surface area (Å²) < 4.78 is 8.88. The minimum absolute atomic E-state index is 0.596. The first-order chi connectivity index (χ1) is 25.7. The normalized spacial score (nSPS) is 11.8. The van der Waals surface area contributed by atoms with E-state index in [-0.39, 0.29) is 0 Å². The highest BCUT2D eigenvalue weighted by atomic mass is 32.1. The smallest absolute Gasteiger partial charge is 0.164 e. The number of aromatic nitrogens is 3. The average molecular weight is 682 g/mol. The Morgan fingerprint density at radius 3 is 1.85 bits per heavy atom. The summed E-state index contributed by atoms with van der Waals surface area (Å²) in [5.41, 5.74) is 6.85. The van der Waals surface area contributed by atoms with Gasteiger partial charge in [-0.15, -0.1) is 11.3 Å². The van der Waals surface area contributed by atoms with Crippen molar-refractivity contribution < 1.29 is 4.42 Å². The molecule has 11 aromatic rings. The third-order valence-electron chi connectivity index (χ3n) is 10.1. The number of rotatable bonds is 4. The Labute approximate surface area is 302 Å². The molecule has 3 aromatic heterocycles. The zero-order valence-corrected chi connectivity index (χ0v) is 28.6. The second-order valence-corrected chi connectivity index (χ2v) is 14.2. The number of furan rings is 1. The summed E-state index contributed by atoms with van der Waals surface area (Å²) >= 11 is 1.85. The number of fused-ring (bicyclic) bond motifs is 8. The van der Waals surface area contributed by atoms with E-state index in [4.69, 9.17) is 19.4 Å². The molecule has 242 valence electrons. The lowest BCUT2D eigenvalue weighted by molar-refractivity contribution is 0.669. The van der Waals surface area contributed by atoms with E-state index in [9.17, 15) is 0 Å². The van der Waals surface area contributed by atoms with Gasteiger partial charge in [0.25, 0.3) is 0 Å². The van der Waals surface area contributed by atoms with Gasteiger partial charge in [0.15, 0.2) is 17.5 Å². The molecule has 0 aliphatic rings. The van der Waals surface area contributed by atoms with Crippen LogP contribution in [0, 0.1) is 0 Å². The predicted molar refractivity (Wildman–Crippen MR) is 217 cm³/mol. The molecule has 0 bridgehead atoms. The van der Waals surface area contributed by atoms with Crippen molar-refractivity contribution in [2.24, 2.45) is 0 Å². The van der Waals surface area contributed by atoms with Crippen molar-refractivity contribution >= 4 is 75.0 Å². The number of nitrogens with zero attached hydrogens (tertiary/aromatic N) is 3. The molecule has 0 N–H and O–H groups in total. The summed E-state index contributed by atoms with van der Waals surface area (Å²) in [6, 6.07) is 57.5. The second kappa shape index (κ2) is 11.4. The van der Waals surface area contributed by atoms with Crippen LogP contribution in [0.3, 0.4) is 0 Å². The monoisotopic (exact) mass is 681 g/mol. The molecule has 11 rings (SSSR count). The van der Waals surface area contributed by atoms with Crippen molar-refractivity contribution in [1.82, 2.24) is 15.0 Å². The first kappa shape index (κ1) is 29.1. The average Bonchev–Trinajstić information content (AvgIpc) is 3.78. The number of hydrogen-bond acceptors (Lipinski definition) is 5. The van der Waals surface area contributed by atoms with Gasteiger partial charge in [0.05, 0.1) is 0 Å². The summed E-state index contributed by atoms with van der Waals surface area (Å²) in [6.07, 6.45) is 0. The van der Waals surface area contributed by atoms with Gasteiger partial charge in [0.2, 0.25) is 0 Å². The van der Waals surface area contributed by atoms with Gasteiger partial charge in [-0.3, -0.25) is 0 Å². The van der Waals surface area contributed by atoms with Gasteiger partial charge in [-0.2, -0.15) is 0 Å². The number of para-hydroxylation sites is 1. The first-order valence-corrected chi connectivity index (χ1v) is 18.2. The zero-order valence-electron chi connectivity index (χ0n) is 27.7. The molecule has 0 aliphatic carbocycles. The molecule has 3 heterocycles. The fourth-order valence-electron chi connectivity index (χ4n) is 7.64. The SMILES string of the molecule is c1ccc2cc(-c3nc(-c4ccc5c(c4)oc4ccccc45)nc(-c4ccc(-c5cccc6c5sc5ccccc56)c5ccccc45)n3)ccc2c1.